The van der Waals surface area contributed by atoms with Crippen LogP contribution in [-0.2, 0) is 9.84 Å². The summed E-state index contributed by atoms with van der Waals surface area (Å²) >= 11 is 3.10. The molecule has 1 unspecified atom stereocenters. The summed E-state index contributed by atoms with van der Waals surface area (Å²) in [4.78, 5) is 10.3. The van der Waals surface area contributed by atoms with E-state index >= 15 is 0 Å². The summed E-state index contributed by atoms with van der Waals surface area (Å²) in [6, 6.07) is 4.48. The largest absolute Gasteiger partial charge is 0.381 e. The molecule has 0 bridgehead atoms. The maximum Gasteiger partial charge on any atom is 0.285 e. The number of hydrogen-bond donors (Lipinski definition) is 1. The Bertz CT molecular complexity index is 588. The summed E-state index contributed by atoms with van der Waals surface area (Å²) in [5.74, 6) is 0.250. The van der Waals surface area contributed by atoms with Gasteiger partial charge < -0.3 is 5.32 Å². The molecule has 2 rings (SSSR count). The second-order valence-corrected chi connectivity index (χ2v) is 7.25. The van der Waals surface area contributed by atoms with E-state index in [1.165, 1.54) is 6.07 Å². The van der Waals surface area contributed by atoms with Crippen LogP contribution in [-0.4, -0.2) is 30.9 Å². The molecule has 0 spiro atoms. The quantitative estimate of drug-likeness (QED) is 0.674. The van der Waals surface area contributed by atoms with E-state index in [9.17, 15) is 18.5 Å². The van der Waals surface area contributed by atoms with Gasteiger partial charge in [-0.05, 0) is 34.5 Å². The molecule has 1 fully saturated rings. The topological polar surface area (TPSA) is 89.3 Å². The monoisotopic (exact) mass is 334 g/mol. The molecule has 0 saturated carbocycles. The van der Waals surface area contributed by atoms with E-state index in [0.717, 1.165) is 0 Å². The van der Waals surface area contributed by atoms with Gasteiger partial charge in [0, 0.05) is 17.8 Å². The summed E-state index contributed by atoms with van der Waals surface area (Å²) in [5, 5.41) is 13.8. The lowest BCUT2D eigenvalue weighted by Crippen LogP contribution is -2.20. The molecular weight excluding hydrogens is 324 g/mol. The molecule has 1 aliphatic rings. The highest BCUT2D eigenvalue weighted by molar-refractivity contribution is 9.10. The van der Waals surface area contributed by atoms with Crippen LogP contribution in [0.15, 0.2) is 22.7 Å². The number of halogens is 1. The third kappa shape index (κ3) is 2.99. The van der Waals surface area contributed by atoms with E-state index in [0.29, 0.717) is 16.6 Å². The molecule has 1 aliphatic heterocycles. The highest BCUT2D eigenvalue weighted by atomic mass is 79.9. The molecule has 1 N–H and O–H groups in total. The number of hydrogen-bond acceptors (Lipinski definition) is 5. The number of nitro groups is 1. The van der Waals surface area contributed by atoms with Crippen molar-refractivity contribution in [1.29, 1.82) is 0 Å². The first-order chi connectivity index (χ1) is 8.37. The number of anilines is 1. The average molecular weight is 335 g/mol. The first-order valence-electron chi connectivity index (χ1n) is 5.28. The normalized spacial score (nSPS) is 21.7. The molecule has 1 atom stereocenters. The molecule has 98 valence electrons. The molecule has 0 aromatic heterocycles. The molecule has 0 radical (unpaired) electrons. The smallest absolute Gasteiger partial charge is 0.285 e. The van der Waals surface area contributed by atoms with Gasteiger partial charge in [-0.1, -0.05) is 0 Å². The second kappa shape index (κ2) is 4.85. The molecule has 18 heavy (non-hydrogen) atoms. The van der Waals surface area contributed by atoms with Gasteiger partial charge in [0.05, 0.1) is 20.9 Å². The zero-order valence-electron chi connectivity index (χ0n) is 9.30. The van der Waals surface area contributed by atoms with Gasteiger partial charge in [0.1, 0.15) is 0 Å². The molecule has 0 aliphatic carbocycles. The molecule has 1 heterocycles. The average Bonchev–Trinajstić information content (AvgIpc) is 2.60. The van der Waals surface area contributed by atoms with Gasteiger partial charge in [-0.2, -0.15) is 0 Å². The van der Waals surface area contributed by atoms with Crippen molar-refractivity contribution in [3.8, 4) is 0 Å². The fourth-order valence-corrected chi connectivity index (χ4v) is 3.95. The van der Waals surface area contributed by atoms with Crippen LogP contribution in [0.5, 0.6) is 0 Å². The molecule has 0 amide bonds. The maximum absolute atomic E-state index is 11.3. The van der Waals surface area contributed by atoms with Crippen molar-refractivity contribution >= 4 is 37.1 Å². The van der Waals surface area contributed by atoms with Crippen molar-refractivity contribution in [2.24, 2.45) is 0 Å². The summed E-state index contributed by atoms with van der Waals surface area (Å²) in [6.07, 6.45) is 0.534. The highest BCUT2D eigenvalue weighted by Crippen LogP contribution is 2.28. The van der Waals surface area contributed by atoms with Crippen LogP contribution < -0.4 is 5.32 Å². The van der Waals surface area contributed by atoms with E-state index in [1.807, 2.05) is 0 Å². The minimum absolute atomic E-state index is 0.0409. The van der Waals surface area contributed by atoms with Crippen molar-refractivity contribution in [3.63, 3.8) is 0 Å². The van der Waals surface area contributed by atoms with Crippen molar-refractivity contribution in [1.82, 2.24) is 0 Å². The van der Waals surface area contributed by atoms with Gasteiger partial charge in [0.2, 0.25) is 0 Å². The molecule has 6 nitrogen and oxygen atoms in total. The fraction of sp³-hybridized carbons (Fsp3) is 0.400. The van der Waals surface area contributed by atoms with Gasteiger partial charge in [-0.15, -0.1) is 0 Å². The Morgan fingerprint density at radius 2 is 2.17 bits per heavy atom. The van der Waals surface area contributed by atoms with Crippen LogP contribution in [0.25, 0.3) is 0 Å². The summed E-state index contributed by atoms with van der Waals surface area (Å²) in [5.41, 5.74) is 0.521. The minimum atomic E-state index is -2.96. The van der Waals surface area contributed by atoms with E-state index in [-0.39, 0.29) is 23.2 Å². The lowest BCUT2D eigenvalue weighted by atomic mass is 10.2. The van der Waals surface area contributed by atoms with Crippen molar-refractivity contribution in [2.75, 3.05) is 16.8 Å². The van der Waals surface area contributed by atoms with Crippen LogP contribution in [0.3, 0.4) is 0 Å². The highest BCUT2D eigenvalue weighted by Gasteiger charge is 2.28. The van der Waals surface area contributed by atoms with Crippen molar-refractivity contribution in [3.05, 3.63) is 32.8 Å². The fourth-order valence-electron chi connectivity index (χ4n) is 1.89. The third-order valence-electron chi connectivity index (χ3n) is 2.75. The molecule has 1 saturated heterocycles. The minimum Gasteiger partial charge on any atom is -0.381 e. The summed E-state index contributed by atoms with van der Waals surface area (Å²) in [7, 11) is -2.96. The molecule has 8 heteroatoms. The van der Waals surface area contributed by atoms with E-state index in [1.54, 1.807) is 12.1 Å². The number of nitrogens with one attached hydrogen (secondary N) is 1. The zero-order chi connectivity index (χ0) is 13.3. The van der Waals surface area contributed by atoms with Gasteiger partial charge in [0.15, 0.2) is 9.84 Å². The molecule has 1 aromatic carbocycles. The van der Waals surface area contributed by atoms with Crippen molar-refractivity contribution in [2.45, 2.75) is 12.5 Å². The van der Waals surface area contributed by atoms with Crippen LogP contribution in [0.4, 0.5) is 11.4 Å². The lowest BCUT2D eigenvalue weighted by Gasteiger charge is -2.12. The van der Waals surface area contributed by atoms with E-state index in [4.69, 9.17) is 0 Å². The number of benzene rings is 1. The predicted molar refractivity (Wildman–Crippen MR) is 71.5 cm³/mol. The van der Waals surface area contributed by atoms with Crippen LogP contribution in [0, 0.1) is 10.1 Å². The van der Waals surface area contributed by atoms with E-state index < -0.39 is 14.8 Å². The zero-order valence-corrected chi connectivity index (χ0v) is 11.7. The van der Waals surface area contributed by atoms with Crippen LogP contribution in [0.2, 0.25) is 0 Å². The Balaban J connectivity index is 2.16. The lowest BCUT2D eigenvalue weighted by molar-refractivity contribution is -0.385. The number of nitro benzene ring substituents is 1. The Kier molecular flexibility index (Phi) is 3.58. The SMILES string of the molecule is O=[N+]([O-])c1cc(NC2CCS(=O)(=O)C2)ccc1Br. The summed E-state index contributed by atoms with van der Waals surface area (Å²) < 4.78 is 23.0. The molecule has 1 aromatic rings. The van der Waals surface area contributed by atoms with Crippen molar-refractivity contribution < 1.29 is 13.3 Å². The second-order valence-electron chi connectivity index (χ2n) is 4.17. The number of sulfone groups is 1. The standard InChI is InChI=1S/C10H11BrN2O4S/c11-9-2-1-7(5-10(9)13(14)15)12-8-3-4-18(16,17)6-8/h1-2,5,8,12H,3-4,6H2. The van der Waals surface area contributed by atoms with Gasteiger partial charge in [-0.3, -0.25) is 10.1 Å². The summed E-state index contributed by atoms with van der Waals surface area (Å²) in [6.45, 7) is 0. The Morgan fingerprint density at radius 1 is 1.44 bits per heavy atom. The first-order valence-corrected chi connectivity index (χ1v) is 7.90. The maximum atomic E-state index is 11.3. The number of nitrogens with zero attached hydrogens (tertiary/aromatic N) is 1. The number of rotatable bonds is 3. The first kappa shape index (κ1) is 13.3. The Hall–Kier alpha value is -1.15. The molecular formula is C10H11BrN2O4S. The van der Waals surface area contributed by atoms with Gasteiger partial charge in [0.25, 0.3) is 5.69 Å². The Labute approximate surface area is 113 Å². The Morgan fingerprint density at radius 3 is 2.72 bits per heavy atom. The van der Waals surface area contributed by atoms with Gasteiger partial charge in [-0.25, -0.2) is 8.42 Å². The van der Waals surface area contributed by atoms with Gasteiger partial charge >= 0.3 is 0 Å². The van der Waals surface area contributed by atoms with Crippen LogP contribution >= 0.6 is 15.9 Å². The predicted octanol–water partition coefficient (Wildman–Crippen LogP) is 1.96. The van der Waals surface area contributed by atoms with E-state index in [2.05, 4.69) is 21.2 Å². The third-order valence-corrected chi connectivity index (χ3v) is 5.18. The van der Waals surface area contributed by atoms with Crippen LogP contribution in [0.1, 0.15) is 6.42 Å².